The minimum Gasteiger partial charge on any atom is -0.333 e. The fourth-order valence-electron chi connectivity index (χ4n) is 3.10. The molecule has 0 spiro atoms. The molecule has 0 bridgehead atoms. The van der Waals surface area contributed by atoms with E-state index in [0.717, 1.165) is 25.1 Å². The van der Waals surface area contributed by atoms with Crippen LogP contribution >= 0.6 is 0 Å². The zero-order valence-electron chi connectivity index (χ0n) is 11.7. The van der Waals surface area contributed by atoms with Crippen molar-refractivity contribution in [1.82, 2.24) is 15.1 Å². The van der Waals surface area contributed by atoms with Crippen molar-refractivity contribution in [3.63, 3.8) is 0 Å². The fraction of sp³-hybridized carbons (Fsp3) is 0.375. The van der Waals surface area contributed by atoms with E-state index in [1.54, 1.807) is 6.20 Å². The molecule has 1 aliphatic rings. The number of aromatic amines is 1. The molecule has 1 aromatic heterocycles. The smallest absolute Gasteiger partial charge is 0.229 e. The monoisotopic (exact) mass is 269 g/mol. The van der Waals surface area contributed by atoms with E-state index in [1.165, 1.54) is 5.56 Å². The minimum absolute atomic E-state index is 0.165. The van der Waals surface area contributed by atoms with Crippen molar-refractivity contribution in [2.24, 2.45) is 0 Å². The van der Waals surface area contributed by atoms with E-state index in [2.05, 4.69) is 29.3 Å². The SMILES string of the molecule is CC1(c2ccccc2)CCCN1C(=O)Cc1ccn[nH]1. The highest BCUT2D eigenvalue weighted by atomic mass is 16.2. The van der Waals surface area contributed by atoms with Gasteiger partial charge in [-0.15, -0.1) is 0 Å². The van der Waals surface area contributed by atoms with Crippen LogP contribution in [0.5, 0.6) is 0 Å². The Morgan fingerprint density at radius 1 is 1.35 bits per heavy atom. The summed E-state index contributed by atoms with van der Waals surface area (Å²) in [6.45, 7) is 3.00. The average molecular weight is 269 g/mol. The van der Waals surface area contributed by atoms with Crippen LogP contribution in [0.15, 0.2) is 42.6 Å². The molecule has 1 fully saturated rings. The van der Waals surface area contributed by atoms with Gasteiger partial charge < -0.3 is 4.90 Å². The lowest BCUT2D eigenvalue weighted by Gasteiger charge is -2.36. The van der Waals surface area contributed by atoms with Gasteiger partial charge in [-0.05, 0) is 31.4 Å². The zero-order chi connectivity index (χ0) is 14.0. The molecular weight excluding hydrogens is 250 g/mol. The number of nitrogens with one attached hydrogen (secondary N) is 1. The predicted octanol–water partition coefficient (Wildman–Crippen LogP) is 2.49. The molecule has 1 amide bonds. The Morgan fingerprint density at radius 3 is 2.85 bits per heavy atom. The summed E-state index contributed by atoms with van der Waals surface area (Å²) in [6.07, 6.45) is 4.15. The summed E-state index contributed by atoms with van der Waals surface area (Å²) < 4.78 is 0. The van der Waals surface area contributed by atoms with Gasteiger partial charge in [0, 0.05) is 18.4 Å². The van der Waals surface area contributed by atoms with Gasteiger partial charge in [-0.25, -0.2) is 0 Å². The number of rotatable bonds is 3. The summed E-state index contributed by atoms with van der Waals surface area (Å²) in [5, 5.41) is 6.76. The summed E-state index contributed by atoms with van der Waals surface area (Å²) in [6, 6.07) is 12.2. The largest absolute Gasteiger partial charge is 0.333 e. The Balaban J connectivity index is 1.83. The summed E-state index contributed by atoms with van der Waals surface area (Å²) in [5.74, 6) is 0.165. The van der Waals surface area contributed by atoms with Crippen LogP contribution in [0.25, 0.3) is 0 Å². The van der Waals surface area contributed by atoms with E-state index in [1.807, 2.05) is 29.2 Å². The predicted molar refractivity (Wildman–Crippen MR) is 77.0 cm³/mol. The van der Waals surface area contributed by atoms with Crippen molar-refractivity contribution in [2.45, 2.75) is 31.7 Å². The minimum atomic E-state index is -0.182. The highest BCUT2D eigenvalue weighted by Crippen LogP contribution is 2.38. The molecule has 1 unspecified atom stereocenters. The number of benzene rings is 1. The first kappa shape index (κ1) is 12.9. The molecule has 20 heavy (non-hydrogen) atoms. The van der Waals surface area contributed by atoms with Crippen LogP contribution in [0.2, 0.25) is 0 Å². The molecule has 1 aromatic carbocycles. The number of carbonyl (C=O) groups excluding carboxylic acids is 1. The third-order valence-corrected chi connectivity index (χ3v) is 4.24. The van der Waals surface area contributed by atoms with Crippen molar-refractivity contribution in [1.29, 1.82) is 0 Å². The van der Waals surface area contributed by atoms with E-state index in [4.69, 9.17) is 0 Å². The average Bonchev–Trinajstić information content (AvgIpc) is 3.10. The second-order valence-corrected chi connectivity index (χ2v) is 5.55. The van der Waals surface area contributed by atoms with Gasteiger partial charge in [-0.2, -0.15) is 5.10 Å². The van der Waals surface area contributed by atoms with Crippen LogP contribution in [-0.2, 0) is 16.8 Å². The molecule has 3 rings (SSSR count). The molecule has 2 heterocycles. The first-order chi connectivity index (χ1) is 9.70. The van der Waals surface area contributed by atoms with Crippen LogP contribution in [0.4, 0.5) is 0 Å². The van der Waals surface area contributed by atoms with E-state index in [0.29, 0.717) is 6.42 Å². The second-order valence-electron chi connectivity index (χ2n) is 5.55. The molecule has 1 saturated heterocycles. The molecule has 4 nitrogen and oxygen atoms in total. The number of H-pyrrole nitrogens is 1. The number of aromatic nitrogens is 2. The highest BCUT2D eigenvalue weighted by molar-refractivity contribution is 5.79. The van der Waals surface area contributed by atoms with Gasteiger partial charge in [0.05, 0.1) is 12.0 Å². The molecule has 104 valence electrons. The maximum Gasteiger partial charge on any atom is 0.229 e. The molecule has 4 heteroatoms. The summed E-state index contributed by atoms with van der Waals surface area (Å²) >= 11 is 0. The number of hydrogen-bond donors (Lipinski definition) is 1. The third-order valence-electron chi connectivity index (χ3n) is 4.24. The Bertz CT molecular complexity index is 579. The van der Waals surface area contributed by atoms with E-state index < -0.39 is 0 Å². The van der Waals surface area contributed by atoms with Crippen molar-refractivity contribution >= 4 is 5.91 Å². The van der Waals surface area contributed by atoms with Crippen molar-refractivity contribution in [3.05, 3.63) is 53.9 Å². The summed E-state index contributed by atoms with van der Waals surface area (Å²) in [5.41, 5.74) is 1.91. The van der Waals surface area contributed by atoms with Crippen LogP contribution in [0.1, 0.15) is 31.0 Å². The van der Waals surface area contributed by atoms with Crippen LogP contribution in [0, 0.1) is 0 Å². The van der Waals surface area contributed by atoms with Gasteiger partial charge >= 0.3 is 0 Å². The normalized spacial score (nSPS) is 22.1. The summed E-state index contributed by atoms with van der Waals surface area (Å²) in [4.78, 5) is 14.6. The standard InChI is InChI=1S/C16H19N3O/c1-16(13-6-3-2-4-7-13)9-5-11-19(16)15(20)12-14-8-10-17-18-14/h2-4,6-8,10H,5,9,11-12H2,1H3,(H,17,18). The molecule has 1 aliphatic heterocycles. The maximum absolute atomic E-state index is 12.6. The maximum atomic E-state index is 12.6. The van der Waals surface area contributed by atoms with E-state index in [-0.39, 0.29) is 11.4 Å². The molecule has 2 aromatic rings. The van der Waals surface area contributed by atoms with Gasteiger partial charge in [0.15, 0.2) is 0 Å². The topological polar surface area (TPSA) is 49.0 Å². The van der Waals surface area contributed by atoms with E-state index >= 15 is 0 Å². The third kappa shape index (κ3) is 2.22. The lowest BCUT2D eigenvalue weighted by Crippen LogP contribution is -2.43. The lowest BCUT2D eigenvalue weighted by atomic mass is 9.89. The quantitative estimate of drug-likeness (QED) is 0.930. The number of carbonyl (C=O) groups is 1. The van der Waals surface area contributed by atoms with Gasteiger partial charge in [0.2, 0.25) is 5.91 Å². The van der Waals surface area contributed by atoms with Gasteiger partial charge in [0.1, 0.15) is 0 Å². The zero-order valence-corrected chi connectivity index (χ0v) is 11.7. The van der Waals surface area contributed by atoms with Crippen molar-refractivity contribution in [3.8, 4) is 0 Å². The van der Waals surface area contributed by atoms with Crippen molar-refractivity contribution < 1.29 is 4.79 Å². The fourth-order valence-corrected chi connectivity index (χ4v) is 3.10. The first-order valence-electron chi connectivity index (χ1n) is 7.04. The summed E-state index contributed by atoms with van der Waals surface area (Å²) in [7, 11) is 0. The molecule has 1 N–H and O–H groups in total. The highest BCUT2D eigenvalue weighted by Gasteiger charge is 2.40. The Hall–Kier alpha value is -2.10. The molecule has 0 aliphatic carbocycles. The molecular formula is C16H19N3O. The Labute approximate surface area is 118 Å². The first-order valence-corrected chi connectivity index (χ1v) is 7.04. The lowest BCUT2D eigenvalue weighted by molar-refractivity contribution is -0.134. The molecule has 1 atom stereocenters. The van der Waals surface area contributed by atoms with Gasteiger partial charge in [-0.3, -0.25) is 9.89 Å². The Morgan fingerprint density at radius 2 is 2.15 bits per heavy atom. The number of amides is 1. The molecule has 0 radical (unpaired) electrons. The van der Waals surface area contributed by atoms with Gasteiger partial charge in [-0.1, -0.05) is 30.3 Å². The second kappa shape index (κ2) is 5.12. The van der Waals surface area contributed by atoms with E-state index in [9.17, 15) is 4.79 Å². The van der Waals surface area contributed by atoms with Crippen LogP contribution in [0.3, 0.4) is 0 Å². The number of likely N-dealkylation sites (tertiary alicyclic amines) is 1. The van der Waals surface area contributed by atoms with Crippen LogP contribution < -0.4 is 0 Å². The number of hydrogen-bond acceptors (Lipinski definition) is 2. The van der Waals surface area contributed by atoms with Gasteiger partial charge in [0.25, 0.3) is 0 Å². The van der Waals surface area contributed by atoms with Crippen LogP contribution in [-0.4, -0.2) is 27.5 Å². The Kier molecular flexibility index (Phi) is 3.30. The van der Waals surface area contributed by atoms with Crippen molar-refractivity contribution in [2.75, 3.05) is 6.54 Å². The number of nitrogens with zero attached hydrogens (tertiary/aromatic N) is 2. The molecule has 0 saturated carbocycles.